The second-order valence-corrected chi connectivity index (χ2v) is 8.68. The van der Waals surface area contributed by atoms with E-state index in [0.29, 0.717) is 19.4 Å². The van der Waals surface area contributed by atoms with Crippen LogP contribution in [0, 0.1) is 25.6 Å². The van der Waals surface area contributed by atoms with Crippen LogP contribution < -0.4 is 10.9 Å². The van der Waals surface area contributed by atoms with Crippen molar-refractivity contribution < 1.29 is 17.6 Å². The standard InChI is InChI=1S/C18H22FN5O3S/c1-12-10-13(2)21-18(20-12)23-22-17(25)14-4-3-9-24(11-14)28(26,27)16-7-5-15(19)6-8-16/h5-8,10,14H,3-4,9,11H2,1-2H3,(H,22,25)(H,20,21,23). The summed E-state index contributed by atoms with van der Waals surface area (Å²) >= 11 is 0. The van der Waals surface area contributed by atoms with Crippen molar-refractivity contribution in [3.63, 3.8) is 0 Å². The van der Waals surface area contributed by atoms with Crippen LogP contribution in [-0.2, 0) is 14.8 Å². The molecule has 0 saturated carbocycles. The number of hydrogen-bond donors (Lipinski definition) is 2. The maximum absolute atomic E-state index is 13.1. The highest BCUT2D eigenvalue weighted by molar-refractivity contribution is 7.89. The van der Waals surface area contributed by atoms with Crippen molar-refractivity contribution in [2.24, 2.45) is 5.92 Å². The van der Waals surface area contributed by atoms with Crippen LogP contribution in [0.25, 0.3) is 0 Å². The molecule has 1 atom stereocenters. The first-order chi connectivity index (χ1) is 13.3. The van der Waals surface area contributed by atoms with Gasteiger partial charge in [0.1, 0.15) is 5.82 Å². The summed E-state index contributed by atoms with van der Waals surface area (Å²) in [6, 6.07) is 6.48. The van der Waals surface area contributed by atoms with Gasteiger partial charge in [0.05, 0.1) is 10.8 Å². The third-order valence-electron chi connectivity index (χ3n) is 4.49. The predicted octanol–water partition coefficient (Wildman–Crippen LogP) is 1.78. The average molecular weight is 407 g/mol. The second kappa shape index (κ2) is 8.19. The lowest BCUT2D eigenvalue weighted by Crippen LogP contribution is -2.46. The molecule has 0 aliphatic carbocycles. The van der Waals surface area contributed by atoms with Gasteiger partial charge in [-0.1, -0.05) is 0 Å². The third kappa shape index (κ3) is 4.63. The Bertz CT molecular complexity index is 945. The maximum atomic E-state index is 13.1. The van der Waals surface area contributed by atoms with Crippen LogP contribution in [0.5, 0.6) is 0 Å². The number of hydrogen-bond acceptors (Lipinski definition) is 6. The van der Waals surface area contributed by atoms with Gasteiger partial charge in [-0.3, -0.25) is 15.6 Å². The Morgan fingerprint density at radius 1 is 1.18 bits per heavy atom. The first-order valence-corrected chi connectivity index (χ1v) is 10.3. The summed E-state index contributed by atoms with van der Waals surface area (Å²) in [6.07, 6.45) is 1.12. The lowest BCUT2D eigenvalue weighted by atomic mass is 9.99. The molecule has 1 aromatic carbocycles. The number of benzene rings is 1. The lowest BCUT2D eigenvalue weighted by Gasteiger charge is -2.31. The molecule has 1 saturated heterocycles. The van der Waals surface area contributed by atoms with Gasteiger partial charge in [0, 0.05) is 24.5 Å². The fraction of sp³-hybridized carbons (Fsp3) is 0.389. The van der Waals surface area contributed by atoms with E-state index in [1.807, 2.05) is 19.9 Å². The largest absolute Gasteiger partial charge is 0.273 e. The van der Waals surface area contributed by atoms with Gasteiger partial charge in [0.2, 0.25) is 21.9 Å². The highest BCUT2D eigenvalue weighted by Gasteiger charge is 2.33. The number of nitrogens with one attached hydrogen (secondary N) is 2. The molecule has 2 heterocycles. The summed E-state index contributed by atoms with van der Waals surface area (Å²) in [7, 11) is -3.78. The summed E-state index contributed by atoms with van der Waals surface area (Å²) < 4.78 is 39.9. The molecule has 0 bridgehead atoms. The maximum Gasteiger partial charge on any atom is 0.243 e. The minimum absolute atomic E-state index is 0.0109. The molecule has 10 heteroatoms. The van der Waals surface area contributed by atoms with E-state index in [2.05, 4.69) is 20.8 Å². The van der Waals surface area contributed by atoms with E-state index in [4.69, 9.17) is 0 Å². The zero-order valence-corrected chi connectivity index (χ0v) is 16.5. The highest BCUT2D eigenvalue weighted by Crippen LogP contribution is 2.24. The Morgan fingerprint density at radius 2 is 1.82 bits per heavy atom. The van der Waals surface area contributed by atoms with Crippen LogP contribution in [0.15, 0.2) is 35.2 Å². The van der Waals surface area contributed by atoms with E-state index in [1.54, 1.807) is 0 Å². The van der Waals surface area contributed by atoms with Crippen LogP contribution in [0.4, 0.5) is 10.3 Å². The molecule has 8 nitrogen and oxygen atoms in total. The molecule has 1 fully saturated rings. The van der Waals surface area contributed by atoms with Gasteiger partial charge in [-0.2, -0.15) is 4.31 Å². The number of aryl methyl sites for hydroxylation is 2. The van der Waals surface area contributed by atoms with Crippen molar-refractivity contribution in [3.8, 4) is 0 Å². The number of hydrazine groups is 1. The monoisotopic (exact) mass is 407 g/mol. The van der Waals surface area contributed by atoms with Gasteiger partial charge in [-0.05, 0) is 57.0 Å². The number of anilines is 1. The first kappa shape index (κ1) is 20.2. The van der Waals surface area contributed by atoms with E-state index in [-0.39, 0.29) is 23.3 Å². The number of amides is 1. The zero-order valence-electron chi connectivity index (χ0n) is 15.6. The fourth-order valence-corrected chi connectivity index (χ4v) is 4.66. The number of aromatic nitrogens is 2. The van der Waals surface area contributed by atoms with Crippen LogP contribution in [0.1, 0.15) is 24.2 Å². The van der Waals surface area contributed by atoms with Crippen molar-refractivity contribution >= 4 is 21.9 Å². The molecule has 150 valence electrons. The number of sulfonamides is 1. The number of nitrogens with zero attached hydrogens (tertiary/aromatic N) is 3. The molecule has 0 spiro atoms. The van der Waals surface area contributed by atoms with Crippen LogP contribution in [-0.4, -0.2) is 41.7 Å². The van der Waals surface area contributed by atoms with Crippen molar-refractivity contribution in [2.45, 2.75) is 31.6 Å². The average Bonchev–Trinajstić information content (AvgIpc) is 2.66. The Kier molecular flexibility index (Phi) is 5.90. The van der Waals surface area contributed by atoms with Gasteiger partial charge >= 0.3 is 0 Å². The summed E-state index contributed by atoms with van der Waals surface area (Å²) in [5, 5.41) is 0. The Hall–Kier alpha value is -2.59. The molecular formula is C18H22FN5O3S. The van der Waals surface area contributed by atoms with Gasteiger partial charge < -0.3 is 0 Å². The molecule has 1 amide bonds. The van der Waals surface area contributed by atoms with Gasteiger partial charge in [-0.25, -0.2) is 22.8 Å². The number of halogens is 1. The van der Waals surface area contributed by atoms with Gasteiger partial charge in [0.25, 0.3) is 0 Å². The molecule has 0 radical (unpaired) electrons. The van der Waals surface area contributed by atoms with Gasteiger partial charge in [-0.15, -0.1) is 0 Å². The normalized spacial score (nSPS) is 17.9. The summed E-state index contributed by atoms with van der Waals surface area (Å²) in [4.78, 5) is 20.9. The predicted molar refractivity (Wildman–Crippen MR) is 101 cm³/mol. The molecule has 1 aromatic heterocycles. The van der Waals surface area contributed by atoms with E-state index in [9.17, 15) is 17.6 Å². The van der Waals surface area contributed by atoms with Crippen molar-refractivity contribution in [3.05, 3.63) is 47.5 Å². The molecule has 2 N–H and O–H groups in total. The lowest BCUT2D eigenvalue weighted by molar-refractivity contribution is -0.125. The topological polar surface area (TPSA) is 104 Å². The first-order valence-electron chi connectivity index (χ1n) is 8.89. The van der Waals surface area contributed by atoms with Crippen LogP contribution in [0.3, 0.4) is 0 Å². The Morgan fingerprint density at radius 3 is 2.46 bits per heavy atom. The number of piperidine rings is 1. The summed E-state index contributed by atoms with van der Waals surface area (Å²) in [5.41, 5.74) is 6.77. The fourth-order valence-electron chi connectivity index (χ4n) is 3.13. The molecular weight excluding hydrogens is 385 g/mol. The molecule has 28 heavy (non-hydrogen) atoms. The number of rotatable bonds is 5. The highest BCUT2D eigenvalue weighted by atomic mass is 32.2. The van der Waals surface area contributed by atoms with Crippen molar-refractivity contribution in [2.75, 3.05) is 18.5 Å². The Labute approximate surface area is 163 Å². The smallest absolute Gasteiger partial charge is 0.243 e. The summed E-state index contributed by atoms with van der Waals surface area (Å²) in [5.74, 6) is -1.07. The number of carbonyl (C=O) groups is 1. The van der Waals surface area contributed by atoms with E-state index in [0.717, 1.165) is 23.5 Å². The van der Waals surface area contributed by atoms with E-state index >= 15 is 0 Å². The quantitative estimate of drug-likeness (QED) is 0.732. The van der Waals surface area contributed by atoms with Crippen LogP contribution >= 0.6 is 0 Å². The van der Waals surface area contributed by atoms with E-state index < -0.39 is 21.8 Å². The van der Waals surface area contributed by atoms with E-state index in [1.165, 1.54) is 16.4 Å². The van der Waals surface area contributed by atoms with Crippen molar-refractivity contribution in [1.29, 1.82) is 0 Å². The summed E-state index contributed by atoms with van der Waals surface area (Å²) in [6.45, 7) is 4.01. The minimum atomic E-state index is -3.78. The third-order valence-corrected chi connectivity index (χ3v) is 6.37. The molecule has 1 unspecified atom stereocenters. The molecule has 3 rings (SSSR count). The second-order valence-electron chi connectivity index (χ2n) is 6.74. The number of carbonyl (C=O) groups excluding carboxylic acids is 1. The van der Waals surface area contributed by atoms with Crippen LogP contribution in [0.2, 0.25) is 0 Å². The zero-order chi connectivity index (χ0) is 20.3. The molecule has 1 aliphatic rings. The Balaban J connectivity index is 1.65. The van der Waals surface area contributed by atoms with Crippen molar-refractivity contribution in [1.82, 2.24) is 19.7 Å². The molecule has 1 aliphatic heterocycles. The molecule has 2 aromatic rings. The minimum Gasteiger partial charge on any atom is -0.273 e. The SMILES string of the molecule is Cc1cc(C)nc(NNC(=O)C2CCCN(S(=O)(=O)c3ccc(F)cc3)C2)n1. The van der Waals surface area contributed by atoms with Gasteiger partial charge in [0.15, 0.2) is 0 Å².